The van der Waals surface area contributed by atoms with E-state index < -0.39 is 0 Å². The maximum Gasteiger partial charge on any atom is 0.0562 e. The maximum atomic E-state index is 6.02. The van der Waals surface area contributed by atoms with E-state index in [0.717, 1.165) is 11.1 Å². The summed E-state index contributed by atoms with van der Waals surface area (Å²) in [6, 6.07) is 15.1. The Morgan fingerprint density at radius 3 is 2.22 bits per heavy atom. The molecule has 0 radical (unpaired) electrons. The first kappa shape index (κ1) is 12.8. The second-order valence-corrected chi connectivity index (χ2v) is 4.42. The molecule has 0 bridgehead atoms. The molecular formula is C16H10Cl2. The second kappa shape index (κ2) is 6.31. The number of hydrogen-bond acceptors (Lipinski definition) is 0. The lowest BCUT2D eigenvalue weighted by Crippen LogP contribution is -1.74. The molecule has 0 nitrogen and oxygen atoms in total. The normalized spacial score (nSPS) is 10.1. The molecule has 0 saturated heterocycles. The summed E-state index contributed by atoms with van der Waals surface area (Å²) in [7, 11) is 0. The Kier molecular flexibility index (Phi) is 4.47. The van der Waals surface area contributed by atoms with E-state index in [9.17, 15) is 0 Å². The molecule has 2 rings (SSSR count). The zero-order chi connectivity index (χ0) is 12.8. The fourth-order valence-corrected chi connectivity index (χ4v) is 1.81. The van der Waals surface area contributed by atoms with Crippen LogP contribution in [0.2, 0.25) is 10.0 Å². The fourth-order valence-electron chi connectivity index (χ4n) is 1.42. The molecule has 0 fully saturated rings. The lowest BCUT2D eigenvalue weighted by molar-refractivity contribution is 1.64. The van der Waals surface area contributed by atoms with Gasteiger partial charge in [0.25, 0.3) is 0 Å². The van der Waals surface area contributed by atoms with Gasteiger partial charge >= 0.3 is 0 Å². The molecule has 0 aromatic heterocycles. The first-order valence-corrected chi connectivity index (χ1v) is 6.20. The third kappa shape index (κ3) is 3.40. The zero-order valence-corrected chi connectivity index (χ0v) is 11.0. The Morgan fingerprint density at radius 1 is 0.833 bits per heavy atom. The molecule has 0 aliphatic carbocycles. The van der Waals surface area contributed by atoms with Gasteiger partial charge in [-0.15, -0.1) is 0 Å². The van der Waals surface area contributed by atoms with Crippen molar-refractivity contribution in [3.8, 4) is 11.8 Å². The summed E-state index contributed by atoms with van der Waals surface area (Å²) in [4.78, 5) is 0. The molecule has 18 heavy (non-hydrogen) atoms. The first-order chi connectivity index (χ1) is 8.77. The van der Waals surface area contributed by atoms with Crippen LogP contribution in [0.25, 0.3) is 6.08 Å². The largest absolute Gasteiger partial charge is 0.0837 e. The van der Waals surface area contributed by atoms with E-state index in [0.29, 0.717) is 10.0 Å². The van der Waals surface area contributed by atoms with Crippen molar-refractivity contribution in [2.45, 2.75) is 0 Å². The quantitative estimate of drug-likeness (QED) is 0.637. The van der Waals surface area contributed by atoms with Crippen LogP contribution in [-0.2, 0) is 0 Å². The average Bonchev–Trinajstić information content (AvgIpc) is 2.38. The molecule has 0 aliphatic rings. The van der Waals surface area contributed by atoms with Crippen LogP contribution in [0.1, 0.15) is 11.1 Å². The van der Waals surface area contributed by atoms with E-state index in [1.54, 1.807) is 6.08 Å². The molecular weight excluding hydrogens is 263 g/mol. The summed E-state index contributed by atoms with van der Waals surface area (Å²) < 4.78 is 0. The Morgan fingerprint density at radius 2 is 1.50 bits per heavy atom. The van der Waals surface area contributed by atoms with Gasteiger partial charge in [-0.25, -0.2) is 0 Å². The zero-order valence-electron chi connectivity index (χ0n) is 9.53. The van der Waals surface area contributed by atoms with Gasteiger partial charge in [-0.1, -0.05) is 65.4 Å². The van der Waals surface area contributed by atoms with Crippen LogP contribution in [0, 0.1) is 11.8 Å². The Bertz CT molecular complexity index is 631. The minimum atomic E-state index is 0.663. The van der Waals surface area contributed by atoms with Crippen molar-refractivity contribution < 1.29 is 0 Å². The molecule has 88 valence electrons. The maximum absolute atomic E-state index is 6.02. The first-order valence-electron chi connectivity index (χ1n) is 5.44. The van der Waals surface area contributed by atoms with Crippen molar-refractivity contribution in [3.63, 3.8) is 0 Å². The SMILES string of the molecule is Clc1ccccc1C#C/C=C\c1ccccc1Cl. The summed E-state index contributed by atoms with van der Waals surface area (Å²) in [5, 5.41) is 1.38. The molecule has 0 aliphatic heterocycles. The van der Waals surface area contributed by atoms with Crippen molar-refractivity contribution in [1.82, 2.24) is 0 Å². The minimum absolute atomic E-state index is 0.663. The minimum Gasteiger partial charge on any atom is -0.0837 e. The van der Waals surface area contributed by atoms with Crippen molar-refractivity contribution >= 4 is 29.3 Å². The lowest BCUT2D eigenvalue weighted by Gasteiger charge is -1.94. The predicted octanol–water partition coefficient (Wildman–Crippen LogP) is 5.06. The smallest absolute Gasteiger partial charge is 0.0562 e. The van der Waals surface area contributed by atoms with Gasteiger partial charge in [-0.3, -0.25) is 0 Å². The van der Waals surface area contributed by atoms with Crippen LogP contribution in [-0.4, -0.2) is 0 Å². The number of halogens is 2. The highest BCUT2D eigenvalue weighted by atomic mass is 35.5. The summed E-state index contributed by atoms with van der Waals surface area (Å²) in [6.45, 7) is 0. The van der Waals surface area contributed by atoms with Crippen LogP contribution in [0.15, 0.2) is 54.6 Å². The average molecular weight is 273 g/mol. The highest BCUT2D eigenvalue weighted by Crippen LogP contribution is 2.16. The molecule has 0 N–H and O–H groups in total. The summed E-state index contributed by atoms with van der Waals surface area (Å²) >= 11 is 12.0. The van der Waals surface area contributed by atoms with Crippen molar-refractivity contribution in [3.05, 3.63) is 75.8 Å². The molecule has 0 atom stereocenters. The van der Waals surface area contributed by atoms with E-state index in [4.69, 9.17) is 23.2 Å². The molecule has 2 aromatic carbocycles. The standard InChI is InChI=1S/C16H10Cl2/c17-15-11-5-3-9-13(15)7-1-2-8-14-10-4-6-12-16(14)18/h1,3-7,9-12H/b7-1-. The molecule has 0 heterocycles. The van der Waals surface area contributed by atoms with Crippen LogP contribution in [0.4, 0.5) is 0 Å². The van der Waals surface area contributed by atoms with Crippen LogP contribution in [0.5, 0.6) is 0 Å². The van der Waals surface area contributed by atoms with Gasteiger partial charge in [0.05, 0.1) is 5.02 Å². The van der Waals surface area contributed by atoms with Crippen molar-refractivity contribution in [1.29, 1.82) is 0 Å². The summed E-state index contributed by atoms with van der Waals surface area (Å²) in [6.07, 6.45) is 3.65. The molecule has 0 unspecified atom stereocenters. The van der Waals surface area contributed by atoms with Crippen molar-refractivity contribution in [2.24, 2.45) is 0 Å². The van der Waals surface area contributed by atoms with E-state index in [1.807, 2.05) is 54.6 Å². The second-order valence-electron chi connectivity index (χ2n) is 3.60. The lowest BCUT2D eigenvalue weighted by atomic mass is 10.2. The number of benzene rings is 2. The molecule has 2 heteroatoms. The van der Waals surface area contributed by atoms with Gasteiger partial charge in [0, 0.05) is 10.6 Å². The summed E-state index contributed by atoms with van der Waals surface area (Å²) in [5.41, 5.74) is 1.77. The van der Waals surface area contributed by atoms with Gasteiger partial charge in [-0.2, -0.15) is 0 Å². The van der Waals surface area contributed by atoms with Gasteiger partial charge in [0.1, 0.15) is 0 Å². The molecule has 0 saturated carbocycles. The number of hydrogen-bond donors (Lipinski definition) is 0. The van der Waals surface area contributed by atoms with E-state index in [2.05, 4.69) is 11.8 Å². The predicted molar refractivity (Wildman–Crippen MR) is 78.8 cm³/mol. The van der Waals surface area contributed by atoms with Crippen LogP contribution >= 0.6 is 23.2 Å². The van der Waals surface area contributed by atoms with E-state index >= 15 is 0 Å². The number of rotatable bonds is 1. The molecule has 0 spiro atoms. The Labute approximate surface area is 117 Å². The third-order valence-corrected chi connectivity index (χ3v) is 3.01. The van der Waals surface area contributed by atoms with E-state index in [-0.39, 0.29) is 0 Å². The fraction of sp³-hybridized carbons (Fsp3) is 0. The highest BCUT2D eigenvalue weighted by Gasteiger charge is 1.93. The third-order valence-electron chi connectivity index (χ3n) is 2.33. The molecule has 2 aromatic rings. The van der Waals surface area contributed by atoms with Gasteiger partial charge in [0.2, 0.25) is 0 Å². The monoisotopic (exact) mass is 272 g/mol. The highest BCUT2D eigenvalue weighted by molar-refractivity contribution is 6.32. The van der Waals surface area contributed by atoms with Gasteiger partial charge < -0.3 is 0 Å². The Hall–Kier alpha value is -1.68. The molecule has 0 amide bonds. The Balaban J connectivity index is 2.14. The topological polar surface area (TPSA) is 0 Å². The van der Waals surface area contributed by atoms with Crippen molar-refractivity contribution in [2.75, 3.05) is 0 Å². The van der Waals surface area contributed by atoms with Gasteiger partial charge in [-0.05, 0) is 35.9 Å². The van der Waals surface area contributed by atoms with Gasteiger partial charge in [0.15, 0.2) is 0 Å². The van der Waals surface area contributed by atoms with Crippen LogP contribution in [0.3, 0.4) is 0 Å². The summed E-state index contributed by atoms with van der Waals surface area (Å²) in [5.74, 6) is 5.94. The van der Waals surface area contributed by atoms with Crippen LogP contribution < -0.4 is 0 Å². The number of allylic oxidation sites excluding steroid dienone is 1. The van der Waals surface area contributed by atoms with E-state index in [1.165, 1.54) is 0 Å².